The van der Waals surface area contributed by atoms with E-state index in [9.17, 15) is 9.18 Å². The number of carbonyl (C=O) groups is 1. The lowest BCUT2D eigenvalue weighted by molar-refractivity contribution is -0.119. The van der Waals surface area contributed by atoms with Crippen LogP contribution in [0.5, 0.6) is 0 Å². The molecule has 1 N–H and O–H groups in total. The van der Waals surface area contributed by atoms with Crippen LogP contribution in [0.4, 0.5) is 10.1 Å². The summed E-state index contributed by atoms with van der Waals surface area (Å²) in [5.74, 6) is -0.320. The van der Waals surface area contributed by atoms with Crippen LogP contribution in [0.2, 0.25) is 0 Å². The fraction of sp³-hybridized carbons (Fsp3) is 0.417. The highest BCUT2D eigenvalue weighted by Crippen LogP contribution is 2.17. The van der Waals surface area contributed by atoms with Gasteiger partial charge < -0.3 is 10.2 Å². The van der Waals surface area contributed by atoms with Gasteiger partial charge in [-0.2, -0.15) is 0 Å². The fourth-order valence-corrected chi connectivity index (χ4v) is 1.94. The minimum absolute atomic E-state index is 0.00287. The van der Waals surface area contributed by atoms with Gasteiger partial charge in [0.05, 0.1) is 6.04 Å². The van der Waals surface area contributed by atoms with Crippen molar-refractivity contribution in [1.29, 1.82) is 0 Å². The Morgan fingerprint density at radius 2 is 2.38 bits per heavy atom. The maximum absolute atomic E-state index is 13.0. The van der Waals surface area contributed by atoms with Gasteiger partial charge in [-0.05, 0) is 37.6 Å². The van der Waals surface area contributed by atoms with Gasteiger partial charge in [-0.15, -0.1) is 0 Å². The first-order valence-corrected chi connectivity index (χ1v) is 5.45. The molecule has 2 rings (SSSR count). The third-order valence-electron chi connectivity index (χ3n) is 2.88. The Kier molecular flexibility index (Phi) is 3.19. The van der Waals surface area contributed by atoms with Crippen LogP contribution in [0.3, 0.4) is 0 Å². The monoisotopic (exact) mass is 222 g/mol. The van der Waals surface area contributed by atoms with Gasteiger partial charge in [0.25, 0.3) is 0 Å². The molecule has 1 aromatic carbocycles. The van der Waals surface area contributed by atoms with E-state index in [1.807, 2.05) is 0 Å². The van der Waals surface area contributed by atoms with Crippen LogP contribution in [0, 0.1) is 5.82 Å². The first-order valence-electron chi connectivity index (χ1n) is 5.45. The van der Waals surface area contributed by atoms with Crippen LogP contribution in [0.1, 0.15) is 12.8 Å². The molecule has 1 aliphatic heterocycles. The summed E-state index contributed by atoms with van der Waals surface area (Å²) in [6.45, 7) is 0.882. The zero-order valence-corrected chi connectivity index (χ0v) is 9.24. The second kappa shape index (κ2) is 4.61. The van der Waals surface area contributed by atoms with Crippen molar-refractivity contribution in [1.82, 2.24) is 5.32 Å². The number of benzene rings is 1. The maximum atomic E-state index is 13.0. The molecule has 0 saturated carbocycles. The van der Waals surface area contributed by atoms with Gasteiger partial charge in [0, 0.05) is 12.7 Å². The normalized spacial score (nSPS) is 19.8. The lowest BCUT2D eigenvalue weighted by Crippen LogP contribution is -2.41. The summed E-state index contributed by atoms with van der Waals surface area (Å²) >= 11 is 0. The van der Waals surface area contributed by atoms with E-state index in [1.165, 1.54) is 17.0 Å². The quantitative estimate of drug-likeness (QED) is 0.823. The summed E-state index contributed by atoms with van der Waals surface area (Å²) in [5.41, 5.74) is 0.596. The Morgan fingerprint density at radius 3 is 3.00 bits per heavy atom. The number of amides is 1. The molecule has 1 aromatic rings. The number of carbonyl (C=O) groups excluding carboxylic acids is 1. The van der Waals surface area contributed by atoms with E-state index in [1.54, 1.807) is 19.2 Å². The summed E-state index contributed by atoms with van der Waals surface area (Å²) < 4.78 is 13.0. The predicted octanol–water partition coefficient (Wildman–Crippen LogP) is 1.54. The topological polar surface area (TPSA) is 32.3 Å². The van der Waals surface area contributed by atoms with Crippen molar-refractivity contribution in [3.05, 3.63) is 30.1 Å². The minimum atomic E-state index is -0.323. The highest BCUT2D eigenvalue weighted by Gasteiger charge is 2.25. The molecule has 16 heavy (non-hydrogen) atoms. The van der Waals surface area contributed by atoms with Crippen molar-refractivity contribution in [2.45, 2.75) is 18.9 Å². The first kappa shape index (κ1) is 11.1. The van der Waals surface area contributed by atoms with Gasteiger partial charge in [0.2, 0.25) is 5.91 Å². The summed E-state index contributed by atoms with van der Waals surface area (Å²) in [7, 11) is 1.68. The van der Waals surface area contributed by atoms with Gasteiger partial charge >= 0.3 is 0 Å². The van der Waals surface area contributed by atoms with Crippen LogP contribution in [0.15, 0.2) is 24.3 Å². The van der Waals surface area contributed by atoms with Crippen LogP contribution in [0.25, 0.3) is 0 Å². The Hall–Kier alpha value is -1.42. The van der Waals surface area contributed by atoms with Gasteiger partial charge in [-0.3, -0.25) is 4.79 Å². The van der Waals surface area contributed by atoms with E-state index in [0.29, 0.717) is 5.69 Å². The molecule has 1 aliphatic rings. The number of hydrogen-bond acceptors (Lipinski definition) is 2. The van der Waals surface area contributed by atoms with E-state index < -0.39 is 0 Å². The third kappa shape index (κ3) is 2.22. The molecular weight excluding hydrogens is 207 g/mol. The predicted molar refractivity (Wildman–Crippen MR) is 60.8 cm³/mol. The zero-order valence-electron chi connectivity index (χ0n) is 9.24. The molecule has 0 bridgehead atoms. The van der Waals surface area contributed by atoms with E-state index in [0.717, 1.165) is 19.4 Å². The largest absolute Gasteiger partial charge is 0.314 e. The van der Waals surface area contributed by atoms with Gasteiger partial charge in [-0.1, -0.05) is 6.07 Å². The average molecular weight is 222 g/mol. The van der Waals surface area contributed by atoms with E-state index >= 15 is 0 Å². The van der Waals surface area contributed by atoms with Gasteiger partial charge in [0.15, 0.2) is 0 Å². The van der Waals surface area contributed by atoms with E-state index in [-0.39, 0.29) is 17.8 Å². The lowest BCUT2D eigenvalue weighted by atomic mass is 10.2. The number of likely N-dealkylation sites (N-methyl/N-ethyl adjacent to an activating group) is 1. The number of nitrogens with zero attached hydrogens (tertiary/aromatic N) is 1. The summed E-state index contributed by atoms with van der Waals surface area (Å²) in [4.78, 5) is 13.5. The van der Waals surface area contributed by atoms with E-state index in [4.69, 9.17) is 0 Å². The highest BCUT2D eigenvalue weighted by molar-refractivity contribution is 5.96. The van der Waals surface area contributed by atoms with Crippen molar-refractivity contribution in [2.24, 2.45) is 0 Å². The zero-order chi connectivity index (χ0) is 11.5. The number of hydrogen-bond donors (Lipinski definition) is 1. The number of rotatable bonds is 2. The Balaban J connectivity index is 2.11. The Morgan fingerprint density at radius 1 is 1.56 bits per heavy atom. The van der Waals surface area contributed by atoms with Crippen molar-refractivity contribution >= 4 is 11.6 Å². The molecule has 0 aliphatic carbocycles. The molecule has 1 heterocycles. The molecule has 3 nitrogen and oxygen atoms in total. The fourth-order valence-electron chi connectivity index (χ4n) is 1.94. The lowest BCUT2D eigenvalue weighted by Gasteiger charge is -2.21. The Labute approximate surface area is 94.3 Å². The van der Waals surface area contributed by atoms with Crippen molar-refractivity contribution < 1.29 is 9.18 Å². The smallest absolute Gasteiger partial charge is 0.243 e. The second-order valence-corrected chi connectivity index (χ2v) is 4.03. The molecule has 1 unspecified atom stereocenters. The van der Waals surface area contributed by atoms with Crippen molar-refractivity contribution in [3.63, 3.8) is 0 Å². The number of nitrogens with one attached hydrogen (secondary N) is 1. The SMILES string of the molecule is CN(C(=O)C1CCCN1)c1cccc(F)c1. The molecule has 0 aromatic heterocycles. The molecular formula is C12H15FN2O. The number of anilines is 1. The summed E-state index contributed by atoms with van der Waals surface area (Å²) in [6.07, 6.45) is 1.88. The van der Waals surface area contributed by atoms with E-state index in [2.05, 4.69) is 5.32 Å². The van der Waals surface area contributed by atoms with Crippen LogP contribution < -0.4 is 10.2 Å². The molecule has 86 valence electrons. The van der Waals surface area contributed by atoms with Gasteiger partial charge in [-0.25, -0.2) is 4.39 Å². The first-order chi connectivity index (χ1) is 7.68. The standard InChI is InChI=1S/C12H15FN2O/c1-15(10-5-2-4-9(13)8-10)12(16)11-6-3-7-14-11/h2,4-5,8,11,14H,3,6-7H2,1H3. The maximum Gasteiger partial charge on any atom is 0.243 e. The van der Waals surface area contributed by atoms with Crippen LogP contribution >= 0.6 is 0 Å². The second-order valence-electron chi connectivity index (χ2n) is 4.03. The molecule has 1 amide bonds. The Bertz CT molecular complexity index is 388. The summed E-state index contributed by atoms with van der Waals surface area (Å²) in [6, 6.07) is 5.96. The molecule has 1 atom stereocenters. The van der Waals surface area contributed by atoms with Crippen molar-refractivity contribution in [3.8, 4) is 0 Å². The van der Waals surface area contributed by atoms with Crippen LogP contribution in [-0.4, -0.2) is 25.5 Å². The molecule has 0 spiro atoms. The third-order valence-corrected chi connectivity index (χ3v) is 2.88. The number of halogens is 1. The van der Waals surface area contributed by atoms with Gasteiger partial charge in [0.1, 0.15) is 5.82 Å². The van der Waals surface area contributed by atoms with Crippen LogP contribution in [-0.2, 0) is 4.79 Å². The molecule has 4 heteroatoms. The minimum Gasteiger partial charge on any atom is -0.314 e. The molecule has 1 fully saturated rings. The summed E-state index contributed by atoms with van der Waals surface area (Å²) in [5, 5.41) is 3.14. The highest BCUT2D eigenvalue weighted by atomic mass is 19.1. The average Bonchev–Trinajstić information content (AvgIpc) is 2.80. The molecule has 0 radical (unpaired) electrons. The van der Waals surface area contributed by atoms with Crippen molar-refractivity contribution in [2.75, 3.05) is 18.5 Å². The molecule has 1 saturated heterocycles.